The van der Waals surface area contributed by atoms with Gasteiger partial charge in [0.05, 0.1) is 41.1 Å². The summed E-state index contributed by atoms with van der Waals surface area (Å²) < 4.78 is 10.1. The first-order chi connectivity index (χ1) is 11.9. The van der Waals surface area contributed by atoms with Crippen LogP contribution in [-0.2, 0) is 14.3 Å². The van der Waals surface area contributed by atoms with E-state index in [9.17, 15) is 20.0 Å². The Bertz CT molecular complexity index is 787. The number of carbonyl (C=O) groups is 2. The fourth-order valence-electron chi connectivity index (χ4n) is 2.36. The minimum Gasteiger partial charge on any atom is -0.503 e. The van der Waals surface area contributed by atoms with Crippen LogP contribution in [0.4, 0.5) is 0 Å². The summed E-state index contributed by atoms with van der Waals surface area (Å²) in [4.78, 5) is 23.4. The van der Waals surface area contributed by atoms with Crippen LogP contribution >= 0.6 is 27.7 Å². The lowest BCUT2D eigenvalue weighted by atomic mass is 9.87. The molecule has 7 nitrogen and oxygen atoms in total. The summed E-state index contributed by atoms with van der Waals surface area (Å²) in [7, 11) is 2.68. The van der Waals surface area contributed by atoms with E-state index in [2.05, 4.69) is 32.1 Å². The maximum atomic E-state index is 12.1. The lowest BCUT2D eigenvalue weighted by Crippen LogP contribution is -2.31. The predicted molar refractivity (Wildman–Crippen MR) is 95.0 cm³/mol. The van der Waals surface area contributed by atoms with Crippen LogP contribution in [0.3, 0.4) is 0 Å². The quantitative estimate of drug-likeness (QED) is 0.695. The highest BCUT2D eigenvalue weighted by Crippen LogP contribution is 2.42. The largest absolute Gasteiger partial charge is 0.503 e. The number of phenolic OH excluding ortho intramolecular Hbond substituents is 1. The number of nitrogens with one attached hydrogen (secondary N) is 1. The number of esters is 1. The van der Waals surface area contributed by atoms with Crippen molar-refractivity contribution in [3.8, 4) is 17.6 Å². The molecule has 0 saturated heterocycles. The van der Waals surface area contributed by atoms with E-state index in [0.717, 1.165) is 11.8 Å². The summed E-state index contributed by atoms with van der Waals surface area (Å²) in [5, 5.41) is 22.5. The number of aromatic hydroxyl groups is 1. The second-order valence-corrected chi connectivity index (χ2v) is 6.92. The van der Waals surface area contributed by atoms with Crippen molar-refractivity contribution in [2.45, 2.75) is 12.3 Å². The smallest absolute Gasteiger partial charge is 0.316 e. The number of halogens is 1. The van der Waals surface area contributed by atoms with Crippen LogP contribution in [-0.4, -0.2) is 37.0 Å². The SMILES string of the molecule is COC(=O)CSC1=C(C#N)[C@@H](c2cc(Br)c(O)c(OC)c2)CC(=O)N1. The van der Waals surface area contributed by atoms with E-state index in [-0.39, 0.29) is 29.6 Å². The highest BCUT2D eigenvalue weighted by Gasteiger charge is 2.31. The van der Waals surface area contributed by atoms with Crippen LogP contribution in [0.25, 0.3) is 0 Å². The molecule has 0 aromatic heterocycles. The Hall–Kier alpha value is -2.18. The van der Waals surface area contributed by atoms with Gasteiger partial charge in [-0.05, 0) is 33.6 Å². The molecule has 1 heterocycles. The van der Waals surface area contributed by atoms with Crippen molar-refractivity contribution in [2.24, 2.45) is 0 Å². The molecule has 0 aliphatic carbocycles. The zero-order valence-electron chi connectivity index (χ0n) is 13.5. The van der Waals surface area contributed by atoms with Crippen molar-refractivity contribution in [2.75, 3.05) is 20.0 Å². The number of rotatable bonds is 5. The number of benzene rings is 1. The molecular weight excluding hydrogens is 412 g/mol. The Morgan fingerprint density at radius 1 is 1.52 bits per heavy atom. The van der Waals surface area contributed by atoms with Gasteiger partial charge in [0.1, 0.15) is 0 Å². The lowest BCUT2D eigenvalue weighted by Gasteiger charge is -2.25. The van der Waals surface area contributed by atoms with Gasteiger partial charge in [0, 0.05) is 12.3 Å². The van der Waals surface area contributed by atoms with Crippen LogP contribution in [0.5, 0.6) is 11.5 Å². The summed E-state index contributed by atoms with van der Waals surface area (Å²) in [6.07, 6.45) is 0.0749. The third-order valence-corrected chi connectivity index (χ3v) is 5.19. The molecular formula is C16H15BrN2O5S. The number of hydrogen-bond donors (Lipinski definition) is 2. The number of carbonyl (C=O) groups excluding carboxylic acids is 2. The highest BCUT2D eigenvalue weighted by molar-refractivity contribution is 9.10. The summed E-state index contributed by atoms with van der Waals surface area (Å²) in [5.74, 6) is -1.08. The van der Waals surface area contributed by atoms with Crippen molar-refractivity contribution in [1.29, 1.82) is 5.26 Å². The van der Waals surface area contributed by atoms with Crippen molar-refractivity contribution in [3.05, 3.63) is 32.8 Å². The minimum atomic E-state index is -0.510. The van der Waals surface area contributed by atoms with Gasteiger partial charge in [0.2, 0.25) is 5.91 Å². The summed E-state index contributed by atoms with van der Waals surface area (Å²) in [6, 6.07) is 5.34. The molecule has 0 radical (unpaired) electrons. The third-order valence-electron chi connectivity index (χ3n) is 3.59. The number of thioether (sulfide) groups is 1. The molecule has 2 rings (SSSR count). The third kappa shape index (κ3) is 4.27. The average molecular weight is 427 g/mol. The van der Waals surface area contributed by atoms with Gasteiger partial charge in [-0.1, -0.05) is 11.8 Å². The average Bonchev–Trinajstić information content (AvgIpc) is 2.61. The first-order valence-electron chi connectivity index (χ1n) is 7.11. The number of amides is 1. The number of nitrogens with zero attached hydrogens (tertiary/aromatic N) is 1. The van der Waals surface area contributed by atoms with Gasteiger partial charge in [-0.25, -0.2) is 0 Å². The molecule has 0 unspecified atom stereocenters. The number of methoxy groups -OCH3 is 2. The first-order valence-corrected chi connectivity index (χ1v) is 8.89. The zero-order chi connectivity index (χ0) is 18.6. The van der Waals surface area contributed by atoms with Gasteiger partial charge >= 0.3 is 5.97 Å². The van der Waals surface area contributed by atoms with E-state index in [4.69, 9.17) is 4.74 Å². The molecule has 0 fully saturated rings. The van der Waals surface area contributed by atoms with Gasteiger partial charge < -0.3 is 19.9 Å². The van der Waals surface area contributed by atoms with E-state index >= 15 is 0 Å². The van der Waals surface area contributed by atoms with E-state index in [1.807, 2.05) is 0 Å². The molecule has 1 aliphatic heterocycles. The molecule has 0 bridgehead atoms. The van der Waals surface area contributed by atoms with Crippen molar-refractivity contribution in [3.63, 3.8) is 0 Å². The van der Waals surface area contributed by atoms with Gasteiger partial charge in [-0.15, -0.1) is 0 Å². The maximum absolute atomic E-state index is 12.1. The lowest BCUT2D eigenvalue weighted by molar-refractivity contribution is -0.137. The first kappa shape index (κ1) is 19.1. The Labute approximate surface area is 157 Å². The Balaban J connectivity index is 2.45. The number of nitriles is 1. The molecule has 1 amide bonds. The second-order valence-electron chi connectivity index (χ2n) is 5.08. The number of hydrogen-bond acceptors (Lipinski definition) is 7. The monoisotopic (exact) mass is 426 g/mol. The molecule has 0 spiro atoms. The van der Waals surface area contributed by atoms with Gasteiger partial charge in [-0.2, -0.15) is 5.26 Å². The molecule has 1 aromatic rings. The number of phenols is 1. The van der Waals surface area contributed by atoms with E-state index in [1.54, 1.807) is 12.1 Å². The van der Waals surface area contributed by atoms with E-state index < -0.39 is 11.9 Å². The molecule has 1 aromatic carbocycles. The van der Waals surface area contributed by atoms with E-state index in [0.29, 0.717) is 20.6 Å². The minimum absolute atomic E-state index is 0.0212. The van der Waals surface area contributed by atoms with Crippen molar-refractivity contribution >= 4 is 39.6 Å². The van der Waals surface area contributed by atoms with Gasteiger partial charge in [0.15, 0.2) is 11.5 Å². The molecule has 2 N–H and O–H groups in total. The molecule has 1 atom stereocenters. The van der Waals surface area contributed by atoms with Crippen LogP contribution in [0.1, 0.15) is 17.9 Å². The fraction of sp³-hybridized carbons (Fsp3) is 0.312. The molecule has 0 saturated carbocycles. The summed E-state index contributed by atoms with van der Waals surface area (Å²) >= 11 is 4.28. The standard InChI is InChI=1S/C16H15BrN2O5S/c1-23-12-4-8(3-11(17)15(12)22)9-5-13(20)19-16(10(9)6-18)25-7-14(21)24-2/h3-4,9,22H,5,7H2,1-2H3,(H,19,20)/t9-/m1/s1. The topological polar surface area (TPSA) is 109 Å². The highest BCUT2D eigenvalue weighted by atomic mass is 79.9. The number of allylic oxidation sites excluding steroid dienone is 1. The molecule has 132 valence electrons. The van der Waals surface area contributed by atoms with Crippen LogP contribution in [0.2, 0.25) is 0 Å². The van der Waals surface area contributed by atoms with Crippen LogP contribution < -0.4 is 10.1 Å². The summed E-state index contributed by atoms with van der Waals surface area (Å²) in [6.45, 7) is 0. The van der Waals surface area contributed by atoms with Crippen molar-refractivity contribution < 1.29 is 24.2 Å². The van der Waals surface area contributed by atoms with Crippen LogP contribution in [0.15, 0.2) is 27.2 Å². The van der Waals surface area contributed by atoms with Crippen LogP contribution in [0, 0.1) is 11.3 Å². The second kappa shape index (κ2) is 8.27. The normalized spacial score (nSPS) is 16.9. The predicted octanol–water partition coefficient (Wildman–Crippen LogP) is 2.41. The molecule has 1 aliphatic rings. The number of ether oxygens (including phenoxy) is 2. The fourth-order valence-corrected chi connectivity index (χ4v) is 3.73. The van der Waals surface area contributed by atoms with Gasteiger partial charge in [0.25, 0.3) is 0 Å². The zero-order valence-corrected chi connectivity index (χ0v) is 15.9. The Morgan fingerprint density at radius 3 is 2.84 bits per heavy atom. The Kier molecular flexibility index (Phi) is 6.33. The Morgan fingerprint density at radius 2 is 2.24 bits per heavy atom. The maximum Gasteiger partial charge on any atom is 0.316 e. The van der Waals surface area contributed by atoms with Gasteiger partial charge in [-0.3, -0.25) is 9.59 Å². The van der Waals surface area contributed by atoms with E-state index in [1.165, 1.54) is 14.2 Å². The van der Waals surface area contributed by atoms with Crippen molar-refractivity contribution in [1.82, 2.24) is 5.32 Å². The molecule has 25 heavy (non-hydrogen) atoms. The molecule has 9 heteroatoms. The summed E-state index contributed by atoms with van der Waals surface area (Å²) in [5.41, 5.74) is 0.984.